The fourth-order valence-corrected chi connectivity index (χ4v) is 7.48. The van der Waals surface area contributed by atoms with Gasteiger partial charge in [-0.15, -0.1) is 11.8 Å². The maximum atomic E-state index is 13.2. The summed E-state index contributed by atoms with van der Waals surface area (Å²) >= 11 is 8.22. The highest BCUT2D eigenvalue weighted by atomic mass is 35.5. The van der Waals surface area contributed by atoms with Gasteiger partial charge in [-0.1, -0.05) is 11.6 Å². The summed E-state index contributed by atoms with van der Waals surface area (Å²) in [7, 11) is 1.84. The number of piperidine rings is 1. The first-order chi connectivity index (χ1) is 18.5. The Morgan fingerprint density at radius 1 is 1.21 bits per heavy atom. The number of pyridine rings is 1. The summed E-state index contributed by atoms with van der Waals surface area (Å²) in [6, 6.07) is 6.48. The van der Waals surface area contributed by atoms with E-state index in [2.05, 4.69) is 26.6 Å². The van der Waals surface area contributed by atoms with Gasteiger partial charge in [-0.3, -0.25) is 4.79 Å². The third-order valence-electron chi connectivity index (χ3n) is 8.27. The van der Waals surface area contributed by atoms with Gasteiger partial charge in [0.05, 0.1) is 53.7 Å². The van der Waals surface area contributed by atoms with Crippen LogP contribution >= 0.6 is 23.4 Å². The summed E-state index contributed by atoms with van der Waals surface area (Å²) in [6.45, 7) is 1.09. The average Bonchev–Trinajstić information content (AvgIpc) is 3.75. The highest BCUT2D eigenvalue weighted by Gasteiger charge is 2.40. The summed E-state index contributed by atoms with van der Waals surface area (Å²) in [4.78, 5) is 25.5. The van der Waals surface area contributed by atoms with Gasteiger partial charge in [-0.05, 0) is 56.2 Å². The normalized spacial score (nSPS) is 27.0. The van der Waals surface area contributed by atoms with Crippen LogP contribution in [0.3, 0.4) is 0 Å². The quantitative estimate of drug-likeness (QED) is 0.439. The third kappa shape index (κ3) is 4.31. The molecular formula is C27H31ClN6O3S. The number of anilines is 4. The van der Waals surface area contributed by atoms with E-state index in [0.29, 0.717) is 54.8 Å². The summed E-state index contributed by atoms with van der Waals surface area (Å²) in [5.74, 6) is 2.75. The lowest BCUT2D eigenvalue weighted by atomic mass is 9.92. The first-order valence-electron chi connectivity index (χ1n) is 13.4. The van der Waals surface area contributed by atoms with Crippen LogP contribution in [0.5, 0.6) is 0 Å². The van der Waals surface area contributed by atoms with E-state index in [1.807, 2.05) is 19.2 Å². The molecule has 9 nitrogen and oxygen atoms in total. The molecule has 0 radical (unpaired) electrons. The van der Waals surface area contributed by atoms with Crippen LogP contribution in [0, 0.1) is 5.92 Å². The molecule has 38 heavy (non-hydrogen) atoms. The number of aromatic nitrogens is 3. The number of hydrogen-bond acceptors (Lipinski definition) is 9. The van der Waals surface area contributed by atoms with Crippen LogP contribution in [0.4, 0.5) is 23.1 Å². The second kappa shape index (κ2) is 9.59. The number of benzene rings is 1. The lowest BCUT2D eigenvalue weighted by Crippen LogP contribution is -2.59. The van der Waals surface area contributed by atoms with Crippen molar-refractivity contribution < 1.29 is 9.84 Å². The van der Waals surface area contributed by atoms with Crippen molar-refractivity contribution in [2.45, 2.75) is 61.2 Å². The van der Waals surface area contributed by atoms with Crippen molar-refractivity contribution in [2.75, 3.05) is 34.5 Å². The van der Waals surface area contributed by atoms with Crippen molar-refractivity contribution in [2.24, 2.45) is 13.0 Å². The van der Waals surface area contributed by atoms with Crippen molar-refractivity contribution >= 4 is 57.4 Å². The standard InChI is InChI=1S/C27H31ClN6O3S/c1-33-22-5-4-15(8-19(22)23-24(26(33)36)38-7-6-21(31-23)14-2-3-14)30-25-20(28)11-29-27(32-25)34-16-9-18(35)10-17(34)13-37-12-16/h4-5,8,11,14,16-18,21,31,35H,2-3,6-7,9-10,12-13H2,1H3,(H,29,30,32)/t16?,17?,18?,21-/m1/s1. The summed E-state index contributed by atoms with van der Waals surface area (Å²) in [5, 5.41) is 18.9. The van der Waals surface area contributed by atoms with Crippen molar-refractivity contribution in [3.05, 3.63) is 39.8 Å². The number of nitrogens with one attached hydrogen (secondary N) is 2. The fraction of sp³-hybridized carbons (Fsp3) is 0.519. The van der Waals surface area contributed by atoms with Crippen LogP contribution in [0.25, 0.3) is 10.9 Å². The van der Waals surface area contributed by atoms with E-state index in [0.717, 1.165) is 39.3 Å². The number of hydrogen-bond donors (Lipinski definition) is 3. The summed E-state index contributed by atoms with van der Waals surface area (Å²) < 4.78 is 7.49. The van der Waals surface area contributed by atoms with Crippen LogP contribution in [-0.4, -0.2) is 62.8 Å². The van der Waals surface area contributed by atoms with Crippen molar-refractivity contribution in [1.29, 1.82) is 0 Å². The molecule has 3 aromatic rings. The van der Waals surface area contributed by atoms with Gasteiger partial charge in [0, 0.05) is 29.9 Å². The van der Waals surface area contributed by atoms with E-state index in [-0.39, 0.29) is 23.7 Å². The van der Waals surface area contributed by atoms with E-state index >= 15 is 0 Å². The van der Waals surface area contributed by atoms with Crippen molar-refractivity contribution in [3.8, 4) is 0 Å². The number of halogens is 1. The summed E-state index contributed by atoms with van der Waals surface area (Å²) in [5.41, 5.74) is 2.71. The molecular weight excluding hydrogens is 524 g/mol. The van der Waals surface area contributed by atoms with Gasteiger partial charge in [0.15, 0.2) is 5.82 Å². The monoisotopic (exact) mass is 554 g/mol. The van der Waals surface area contributed by atoms with Crippen LogP contribution in [-0.2, 0) is 11.8 Å². The SMILES string of the molecule is Cn1c(=O)c2c(c3cc(Nc4nc(N5C6COCC5CC(O)C6)ncc4Cl)ccc31)N[C@@H](C1CC1)CCS2. The Hall–Kier alpha value is -2.53. The molecule has 3 N–H and O–H groups in total. The van der Waals surface area contributed by atoms with Gasteiger partial charge in [0.25, 0.3) is 5.56 Å². The molecule has 5 heterocycles. The van der Waals surface area contributed by atoms with Gasteiger partial charge in [0.2, 0.25) is 5.95 Å². The molecule has 7 rings (SSSR count). The Morgan fingerprint density at radius 2 is 2.00 bits per heavy atom. The van der Waals surface area contributed by atoms with Crippen LogP contribution in [0.2, 0.25) is 5.02 Å². The molecule has 11 heteroatoms. The predicted molar refractivity (Wildman–Crippen MR) is 151 cm³/mol. The molecule has 2 aromatic heterocycles. The molecule has 0 amide bonds. The molecule has 3 aliphatic heterocycles. The number of rotatable bonds is 4. The number of thioether (sulfide) groups is 1. The number of nitrogens with zero attached hydrogens (tertiary/aromatic N) is 4. The molecule has 3 fully saturated rings. The van der Waals surface area contributed by atoms with E-state index in [4.69, 9.17) is 21.3 Å². The Bertz CT molecular complexity index is 1450. The number of morpholine rings is 1. The maximum absolute atomic E-state index is 13.2. The highest BCUT2D eigenvalue weighted by Crippen LogP contribution is 2.43. The first kappa shape index (κ1) is 24.5. The highest BCUT2D eigenvalue weighted by molar-refractivity contribution is 7.99. The van der Waals surface area contributed by atoms with E-state index < -0.39 is 0 Å². The van der Waals surface area contributed by atoms with Gasteiger partial charge in [-0.25, -0.2) is 4.98 Å². The van der Waals surface area contributed by atoms with E-state index in [1.54, 1.807) is 22.5 Å². The molecule has 3 atom stereocenters. The zero-order valence-corrected chi connectivity index (χ0v) is 22.8. The first-order valence-corrected chi connectivity index (χ1v) is 14.7. The average molecular weight is 555 g/mol. The largest absolute Gasteiger partial charge is 0.393 e. The summed E-state index contributed by atoms with van der Waals surface area (Å²) in [6.07, 6.45) is 6.14. The maximum Gasteiger partial charge on any atom is 0.266 e. The minimum atomic E-state index is -0.329. The number of fused-ring (bicyclic) bond motifs is 5. The van der Waals surface area contributed by atoms with Gasteiger partial charge in [0.1, 0.15) is 5.02 Å². The predicted octanol–water partition coefficient (Wildman–Crippen LogP) is 4.14. The van der Waals surface area contributed by atoms with Gasteiger partial charge >= 0.3 is 0 Å². The van der Waals surface area contributed by atoms with E-state index in [9.17, 15) is 9.90 Å². The number of aliphatic hydroxyl groups excluding tert-OH is 1. The van der Waals surface area contributed by atoms with Crippen LogP contribution in [0.1, 0.15) is 32.1 Å². The topological polar surface area (TPSA) is 105 Å². The molecule has 4 aliphatic rings. The Morgan fingerprint density at radius 3 is 2.76 bits per heavy atom. The van der Waals surface area contributed by atoms with Crippen molar-refractivity contribution in [3.63, 3.8) is 0 Å². The van der Waals surface area contributed by atoms with Crippen LogP contribution in [0.15, 0.2) is 34.1 Å². The minimum absolute atomic E-state index is 0.0342. The number of aliphatic hydroxyl groups is 1. The molecule has 1 aliphatic carbocycles. The Kier molecular flexibility index (Phi) is 6.18. The van der Waals surface area contributed by atoms with Gasteiger partial charge in [-0.2, -0.15) is 4.98 Å². The third-order valence-corrected chi connectivity index (χ3v) is 9.65. The second-order valence-electron chi connectivity index (χ2n) is 10.9. The molecule has 2 saturated heterocycles. The molecule has 2 unspecified atom stereocenters. The fourth-order valence-electron chi connectivity index (χ4n) is 6.19. The molecule has 0 spiro atoms. The molecule has 1 saturated carbocycles. The smallest absolute Gasteiger partial charge is 0.266 e. The zero-order valence-electron chi connectivity index (χ0n) is 21.2. The Labute approximate surface area is 229 Å². The number of aryl methyl sites for hydroxylation is 1. The van der Waals surface area contributed by atoms with E-state index in [1.165, 1.54) is 12.8 Å². The lowest BCUT2D eigenvalue weighted by molar-refractivity contribution is 0.000353. The molecule has 1 aromatic carbocycles. The van der Waals surface area contributed by atoms with Crippen molar-refractivity contribution in [1.82, 2.24) is 14.5 Å². The molecule has 2 bridgehead atoms. The van der Waals surface area contributed by atoms with Crippen LogP contribution < -0.4 is 21.1 Å². The van der Waals surface area contributed by atoms with Gasteiger partial charge < -0.3 is 29.9 Å². The zero-order chi connectivity index (χ0) is 26.0. The Balaban J connectivity index is 1.25. The lowest BCUT2D eigenvalue weighted by Gasteiger charge is -2.47. The number of ether oxygens (including phenoxy) is 1. The molecule has 200 valence electrons. The second-order valence-corrected chi connectivity index (χ2v) is 12.4. The minimum Gasteiger partial charge on any atom is -0.393 e.